The van der Waals surface area contributed by atoms with Crippen LogP contribution in [0.25, 0.3) is 0 Å². The lowest BCUT2D eigenvalue weighted by molar-refractivity contribution is 0.627. The van der Waals surface area contributed by atoms with E-state index in [1.165, 1.54) is 12.1 Å². The standard InChI is InChI=1S/C10H5F/c1-2-3-4-9-5-7-10(11)8-6-9/h1,5-8H. The van der Waals surface area contributed by atoms with Gasteiger partial charge in [0.25, 0.3) is 0 Å². The molecule has 0 N–H and O–H groups in total. The van der Waals surface area contributed by atoms with Gasteiger partial charge in [-0.05, 0) is 36.1 Å². The van der Waals surface area contributed by atoms with Crippen molar-refractivity contribution in [1.29, 1.82) is 0 Å². The number of terminal acetylenes is 1. The zero-order valence-corrected chi connectivity index (χ0v) is 5.76. The van der Waals surface area contributed by atoms with Gasteiger partial charge in [-0.3, -0.25) is 0 Å². The average Bonchev–Trinajstić information content (AvgIpc) is 2.04. The molecule has 0 nitrogen and oxygen atoms in total. The van der Waals surface area contributed by atoms with Crippen LogP contribution >= 0.6 is 0 Å². The third kappa shape index (κ3) is 2.16. The van der Waals surface area contributed by atoms with Crippen LogP contribution in [0.15, 0.2) is 24.3 Å². The quantitative estimate of drug-likeness (QED) is 0.487. The van der Waals surface area contributed by atoms with Crippen LogP contribution in [-0.4, -0.2) is 0 Å². The zero-order chi connectivity index (χ0) is 8.10. The molecule has 0 amide bonds. The highest BCUT2D eigenvalue weighted by atomic mass is 19.1. The fraction of sp³-hybridized carbons (Fsp3) is 0. The van der Waals surface area contributed by atoms with E-state index in [1.807, 2.05) is 0 Å². The third-order valence-electron chi connectivity index (χ3n) is 1.12. The minimum atomic E-state index is -0.267. The van der Waals surface area contributed by atoms with Crippen LogP contribution in [0.5, 0.6) is 0 Å². The van der Waals surface area contributed by atoms with Crippen molar-refractivity contribution in [1.82, 2.24) is 0 Å². The van der Waals surface area contributed by atoms with Crippen molar-refractivity contribution in [3.63, 3.8) is 0 Å². The van der Waals surface area contributed by atoms with Gasteiger partial charge >= 0.3 is 0 Å². The van der Waals surface area contributed by atoms with Crippen LogP contribution in [0.2, 0.25) is 0 Å². The van der Waals surface area contributed by atoms with Gasteiger partial charge in [0, 0.05) is 5.56 Å². The second kappa shape index (κ2) is 3.44. The van der Waals surface area contributed by atoms with E-state index in [1.54, 1.807) is 12.1 Å². The average molecular weight is 144 g/mol. The maximum absolute atomic E-state index is 12.3. The normalized spacial score (nSPS) is 7.64. The molecule has 0 spiro atoms. The van der Waals surface area contributed by atoms with Crippen molar-refractivity contribution >= 4 is 0 Å². The van der Waals surface area contributed by atoms with Gasteiger partial charge in [0.2, 0.25) is 0 Å². The van der Waals surface area contributed by atoms with E-state index in [4.69, 9.17) is 6.42 Å². The summed E-state index contributed by atoms with van der Waals surface area (Å²) in [6, 6.07) is 5.86. The first-order valence-corrected chi connectivity index (χ1v) is 3.05. The van der Waals surface area contributed by atoms with Crippen molar-refractivity contribution < 1.29 is 4.39 Å². The van der Waals surface area contributed by atoms with Gasteiger partial charge in [0.05, 0.1) is 0 Å². The summed E-state index contributed by atoms with van der Waals surface area (Å²) in [5, 5.41) is 0. The minimum Gasteiger partial charge on any atom is -0.207 e. The van der Waals surface area contributed by atoms with E-state index in [2.05, 4.69) is 17.8 Å². The Morgan fingerprint density at radius 1 is 1.18 bits per heavy atom. The number of hydrogen-bond acceptors (Lipinski definition) is 0. The Bertz CT molecular complexity index is 330. The van der Waals surface area contributed by atoms with Gasteiger partial charge in [0.15, 0.2) is 0 Å². The van der Waals surface area contributed by atoms with Crippen LogP contribution in [0.4, 0.5) is 4.39 Å². The lowest BCUT2D eigenvalue weighted by Gasteiger charge is -1.87. The van der Waals surface area contributed by atoms with Crippen molar-refractivity contribution in [2.75, 3.05) is 0 Å². The molecule has 11 heavy (non-hydrogen) atoms. The van der Waals surface area contributed by atoms with Gasteiger partial charge in [-0.15, -0.1) is 6.42 Å². The van der Waals surface area contributed by atoms with Gasteiger partial charge in [0.1, 0.15) is 5.82 Å². The van der Waals surface area contributed by atoms with Crippen molar-refractivity contribution in [3.8, 4) is 24.2 Å². The molecule has 0 radical (unpaired) electrons. The Hall–Kier alpha value is -1.73. The van der Waals surface area contributed by atoms with Gasteiger partial charge in [-0.25, -0.2) is 4.39 Å². The molecule has 0 atom stereocenters. The summed E-state index contributed by atoms with van der Waals surface area (Å²) in [7, 11) is 0. The van der Waals surface area contributed by atoms with Crippen LogP contribution in [0, 0.1) is 30.0 Å². The molecule has 0 fully saturated rings. The third-order valence-corrected chi connectivity index (χ3v) is 1.12. The summed E-state index contributed by atoms with van der Waals surface area (Å²) in [4.78, 5) is 0. The van der Waals surface area contributed by atoms with Gasteiger partial charge in [-0.1, -0.05) is 5.92 Å². The first kappa shape index (κ1) is 7.38. The van der Waals surface area contributed by atoms with Crippen molar-refractivity contribution in [3.05, 3.63) is 35.6 Å². The molecule has 0 saturated carbocycles. The van der Waals surface area contributed by atoms with E-state index >= 15 is 0 Å². The van der Waals surface area contributed by atoms with Crippen molar-refractivity contribution in [2.45, 2.75) is 0 Å². The van der Waals surface area contributed by atoms with Crippen LogP contribution in [0.3, 0.4) is 0 Å². The summed E-state index contributed by atoms with van der Waals surface area (Å²) in [6.07, 6.45) is 4.91. The van der Waals surface area contributed by atoms with E-state index < -0.39 is 0 Å². The van der Waals surface area contributed by atoms with E-state index in [-0.39, 0.29) is 5.82 Å². The smallest absolute Gasteiger partial charge is 0.123 e. The Balaban J connectivity index is 2.93. The molecule has 52 valence electrons. The number of benzene rings is 1. The zero-order valence-electron chi connectivity index (χ0n) is 5.76. The van der Waals surface area contributed by atoms with E-state index in [0.717, 1.165) is 5.56 Å². The highest BCUT2D eigenvalue weighted by molar-refractivity contribution is 5.38. The van der Waals surface area contributed by atoms with E-state index in [9.17, 15) is 4.39 Å². The summed E-state index contributed by atoms with van der Waals surface area (Å²) in [6.45, 7) is 0. The summed E-state index contributed by atoms with van der Waals surface area (Å²) < 4.78 is 12.3. The predicted molar refractivity (Wildman–Crippen MR) is 42.1 cm³/mol. The fourth-order valence-corrected chi connectivity index (χ4v) is 0.641. The maximum Gasteiger partial charge on any atom is 0.123 e. The second-order valence-electron chi connectivity index (χ2n) is 1.90. The molecule has 0 unspecified atom stereocenters. The molecular formula is C10H5F. The fourth-order valence-electron chi connectivity index (χ4n) is 0.641. The number of hydrogen-bond donors (Lipinski definition) is 0. The summed E-state index contributed by atoms with van der Waals surface area (Å²) in [5.74, 6) is 7.02. The lowest BCUT2D eigenvalue weighted by atomic mass is 10.2. The molecule has 1 aromatic rings. The van der Waals surface area contributed by atoms with Crippen molar-refractivity contribution in [2.24, 2.45) is 0 Å². The van der Waals surface area contributed by atoms with Crippen LogP contribution in [0.1, 0.15) is 5.56 Å². The van der Waals surface area contributed by atoms with Gasteiger partial charge in [-0.2, -0.15) is 0 Å². The number of halogens is 1. The molecule has 1 aromatic carbocycles. The lowest BCUT2D eigenvalue weighted by Crippen LogP contribution is -1.74. The number of rotatable bonds is 0. The molecule has 0 saturated heterocycles. The monoisotopic (exact) mass is 144 g/mol. The molecule has 0 bridgehead atoms. The molecule has 0 aliphatic carbocycles. The van der Waals surface area contributed by atoms with E-state index in [0.29, 0.717) is 0 Å². The largest absolute Gasteiger partial charge is 0.207 e. The Morgan fingerprint density at radius 2 is 1.82 bits per heavy atom. The SMILES string of the molecule is C#CC#Cc1ccc(F)cc1. The second-order valence-corrected chi connectivity index (χ2v) is 1.90. The maximum atomic E-state index is 12.3. The molecule has 0 aromatic heterocycles. The summed E-state index contributed by atoms with van der Waals surface area (Å²) >= 11 is 0. The van der Waals surface area contributed by atoms with Crippen LogP contribution in [-0.2, 0) is 0 Å². The Labute approximate surface area is 65.1 Å². The molecule has 1 rings (SSSR count). The highest BCUT2D eigenvalue weighted by Crippen LogP contribution is 1.99. The predicted octanol–water partition coefficient (Wildman–Crippen LogP) is 1.81. The highest BCUT2D eigenvalue weighted by Gasteiger charge is 1.86. The molecule has 1 heteroatoms. The van der Waals surface area contributed by atoms with Crippen LogP contribution < -0.4 is 0 Å². The first-order chi connectivity index (χ1) is 5.33. The Kier molecular flexibility index (Phi) is 2.31. The summed E-state index contributed by atoms with van der Waals surface area (Å²) in [5.41, 5.74) is 0.726. The molecule has 0 aliphatic rings. The van der Waals surface area contributed by atoms with Gasteiger partial charge < -0.3 is 0 Å². The molecular weight excluding hydrogens is 139 g/mol. The minimum absolute atomic E-state index is 0.267. The Morgan fingerprint density at radius 3 is 2.36 bits per heavy atom. The molecule has 0 heterocycles. The molecule has 0 aliphatic heterocycles. The topological polar surface area (TPSA) is 0 Å². The first-order valence-electron chi connectivity index (χ1n) is 3.05.